The van der Waals surface area contributed by atoms with E-state index < -0.39 is 10.0 Å². The van der Waals surface area contributed by atoms with Crippen LogP contribution in [0.2, 0.25) is 0 Å². The number of halogens is 1. The topological polar surface area (TPSA) is 87.7 Å². The third-order valence-electron chi connectivity index (χ3n) is 4.40. The Morgan fingerprint density at radius 2 is 1.85 bits per heavy atom. The van der Waals surface area contributed by atoms with Crippen molar-refractivity contribution in [3.63, 3.8) is 0 Å². The second-order valence-corrected chi connectivity index (χ2v) is 7.98. The van der Waals surface area contributed by atoms with Crippen LogP contribution in [0.1, 0.15) is 23.2 Å². The predicted molar refractivity (Wildman–Crippen MR) is 103 cm³/mol. The first-order valence-electron chi connectivity index (χ1n) is 8.50. The lowest BCUT2D eigenvalue weighted by atomic mass is 9.96. The van der Waals surface area contributed by atoms with E-state index in [1.165, 1.54) is 19.2 Å². The monoisotopic (exact) mass is 405 g/mol. The molecule has 1 amide bonds. The number of hydrogen-bond donors (Lipinski definition) is 2. The van der Waals surface area contributed by atoms with E-state index in [1.54, 1.807) is 12.1 Å². The first-order valence-corrected chi connectivity index (χ1v) is 9.99. The van der Waals surface area contributed by atoms with Crippen molar-refractivity contribution in [1.82, 2.24) is 14.9 Å². The average molecular weight is 406 g/mol. The second kappa shape index (κ2) is 10.8. The number of likely N-dealkylation sites (tertiary alicyclic amines) is 1. The summed E-state index contributed by atoms with van der Waals surface area (Å²) in [5.41, 5.74) is 0.517. The van der Waals surface area contributed by atoms with Crippen LogP contribution in [-0.4, -0.2) is 66.2 Å². The molecule has 2 N–H and O–H groups in total. The molecule has 1 aliphatic heterocycles. The summed E-state index contributed by atoms with van der Waals surface area (Å²) in [6.45, 7) is 2.97. The highest BCUT2D eigenvalue weighted by molar-refractivity contribution is 7.89. The van der Waals surface area contributed by atoms with Crippen LogP contribution in [0.3, 0.4) is 0 Å². The number of piperidine rings is 1. The minimum Gasteiger partial charge on any atom is -0.383 e. The van der Waals surface area contributed by atoms with Gasteiger partial charge < -0.3 is 15.0 Å². The SMILES string of the molecule is CNCC1CCN(C(=O)c2ccc(S(=O)(=O)NCCOC)cc2)CC1.Cl. The smallest absolute Gasteiger partial charge is 0.253 e. The normalized spacial score (nSPS) is 15.5. The summed E-state index contributed by atoms with van der Waals surface area (Å²) in [6.07, 6.45) is 1.98. The van der Waals surface area contributed by atoms with Crippen LogP contribution in [0.4, 0.5) is 0 Å². The van der Waals surface area contributed by atoms with Gasteiger partial charge in [-0.3, -0.25) is 4.79 Å². The summed E-state index contributed by atoms with van der Waals surface area (Å²) in [7, 11) is -0.123. The molecule has 1 aromatic rings. The van der Waals surface area contributed by atoms with Crippen molar-refractivity contribution in [3.05, 3.63) is 29.8 Å². The van der Waals surface area contributed by atoms with Gasteiger partial charge >= 0.3 is 0 Å². The van der Waals surface area contributed by atoms with Gasteiger partial charge in [0.2, 0.25) is 10.0 Å². The van der Waals surface area contributed by atoms with Crippen LogP contribution in [0.25, 0.3) is 0 Å². The van der Waals surface area contributed by atoms with Crippen molar-refractivity contribution in [1.29, 1.82) is 0 Å². The summed E-state index contributed by atoms with van der Waals surface area (Å²) in [6, 6.07) is 6.09. The molecule has 0 aromatic heterocycles. The molecule has 1 aromatic carbocycles. The van der Waals surface area contributed by atoms with E-state index in [0.29, 0.717) is 18.1 Å². The fourth-order valence-electron chi connectivity index (χ4n) is 2.95. The van der Waals surface area contributed by atoms with Gasteiger partial charge in [0.25, 0.3) is 5.91 Å². The Balaban J connectivity index is 0.00000338. The van der Waals surface area contributed by atoms with Crippen LogP contribution in [0, 0.1) is 5.92 Å². The fraction of sp³-hybridized carbons (Fsp3) is 0.588. The highest BCUT2D eigenvalue weighted by Gasteiger charge is 2.23. The number of carbonyl (C=O) groups excluding carboxylic acids is 1. The lowest BCUT2D eigenvalue weighted by Gasteiger charge is -2.32. The highest BCUT2D eigenvalue weighted by Crippen LogP contribution is 2.19. The summed E-state index contributed by atoms with van der Waals surface area (Å²) in [5, 5.41) is 3.18. The van der Waals surface area contributed by atoms with E-state index in [-0.39, 0.29) is 29.8 Å². The number of hydrogen-bond acceptors (Lipinski definition) is 5. The van der Waals surface area contributed by atoms with Gasteiger partial charge in [0.1, 0.15) is 0 Å². The van der Waals surface area contributed by atoms with Crippen LogP contribution >= 0.6 is 12.4 Å². The van der Waals surface area contributed by atoms with Gasteiger partial charge in [-0.2, -0.15) is 0 Å². The van der Waals surface area contributed by atoms with Crippen LogP contribution < -0.4 is 10.0 Å². The molecule has 1 fully saturated rings. The third kappa shape index (κ3) is 6.21. The standard InChI is InChI=1S/C17H27N3O4S.ClH/c1-18-13-14-7-10-20(11-8-14)17(21)15-3-5-16(6-4-15)25(22,23)19-9-12-24-2;/h3-6,14,18-19H,7-13H2,1-2H3;1H. The number of methoxy groups -OCH3 is 1. The molecular weight excluding hydrogens is 378 g/mol. The maximum absolute atomic E-state index is 12.6. The van der Waals surface area contributed by atoms with Gasteiger partial charge in [0.05, 0.1) is 11.5 Å². The largest absolute Gasteiger partial charge is 0.383 e. The lowest BCUT2D eigenvalue weighted by molar-refractivity contribution is 0.0691. The molecule has 0 atom stereocenters. The van der Waals surface area contributed by atoms with Crippen molar-refractivity contribution >= 4 is 28.3 Å². The summed E-state index contributed by atoms with van der Waals surface area (Å²) < 4.78 is 31.5. The number of rotatable bonds is 8. The van der Waals surface area contributed by atoms with Crippen LogP contribution in [-0.2, 0) is 14.8 Å². The molecule has 1 saturated heterocycles. The second-order valence-electron chi connectivity index (χ2n) is 6.21. The Morgan fingerprint density at radius 3 is 2.38 bits per heavy atom. The first kappa shape index (κ1) is 22.9. The molecule has 9 heteroatoms. The highest BCUT2D eigenvalue weighted by atomic mass is 35.5. The molecule has 2 rings (SSSR count). The van der Waals surface area contributed by atoms with Crippen molar-refractivity contribution in [2.75, 3.05) is 46.9 Å². The fourth-order valence-corrected chi connectivity index (χ4v) is 3.96. The minimum absolute atomic E-state index is 0. The van der Waals surface area contributed by atoms with Gasteiger partial charge in [0.15, 0.2) is 0 Å². The molecule has 0 radical (unpaired) electrons. The molecule has 0 unspecified atom stereocenters. The van der Waals surface area contributed by atoms with Crippen molar-refractivity contribution < 1.29 is 17.9 Å². The van der Waals surface area contributed by atoms with Crippen molar-refractivity contribution in [2.24, 2.45) is 5.92 Å². The van der Waals surface area contributed by atoms with Gasteiger partial charge in [-0.1, -0.05) is 0 Å². The number of amides is 1. The van der Waals surface area contributed by atoms with Gasteiger partial charge in [-0.25, -0.2) is 13.1 Å². The zero-order valence-corrected chi connectivity index (χ0v) is 16.9. The number of nitrogens with one attached hydrogen (secondary N) is 2. The molecule has 1 aliphatic rings. The number of carbonyl (C=O) groups is 1. The van der Waals surface area contributed by atoms with Crippen molar-refractivity contribution in [2.45, 2.75) is 17.7 Å². The molecular formula is C17H28ClN3O4S. The van der Waals surface area contributed by atoms with E-state index >= 15 is 0 Å². The Bertz CT molecular complexity index is 659. The number of benzene rings is 1. The Hall–Kier alpha value is -1.19. The number of nitrogens with zero attached hydrogens (tertiary/aromatic N) is 1. The number of ether oxygens (including phenoxy) is 1. The summed E-state index contributed by atoms with van der Waals surface area (Å²) in [5.74, 6) is 0.568. The van der Waals surface area contributed by atoms with E-state index in [4.69, 9.17) is 4.74 Å². The molecule has 148 valence electrons. The molecule has 26 heavy (non-hydrogen) atoms. The van der Waals surface area contributed by atoms with E-state index in [2.05, 4.69) is 10.0 Å². The quantitative estimate of drug-likeness (QED) is 0.632. The molecule has 7 nitrogen and oxygen atoms in total. The molecule has 0 bridgehead atoms. The van der Waals surface area contributed by atoms with E-state index in [9.17, 15) is 13.2 Å². The van der Waals surface area contributed by atoms with Crippen LogP contribution in [0.15, 0.2) is 29.2 Å². The number of sulfonamides is 1. The average Bonchev–Trinajstić information content (AvgIpc) is 2.62. The van der Waals surface area contributed by atoms with E-state index in [0.717, 1.165) is 32.5 Å². The van der Waals surface area contributed by atoms with Crippen LogP contribution in [0.5, 0.6) is 0 Å². The van der Waals surface area contributed by atoms with Gasteiger partial charge in [0, 0.05) is 32.3 Å². The Kier molecular flexibility index (Phi) is 9.52. The first-order chi connectivity index (χ1) is 12.0. The Labute approximate surface area is 161 Å². The summed E-state index contributed by atoms with van der Waals surface area (Å²) >= 11 is 0. The zero-order valence-electron chi connectivity index (χ0n) is 15.2. The predicted octanol–water partition coefficient (Wildman–Crippen LogP) is 1.10. The minimum atomic E-state index is -3.58. The molecule has 1 heterocycles. The lowest BCUT2D eigenvalue weighted by Crippen LogP contribution is -2.40. The van der Waals surface area contributed by atoms with Crippen molar-refractivity contribution in [3.8, 4) is 0 Å². The third-order valence-corrected chi connectivity index (χ3v) is 5.88. The van der Waals surface area contributed by atoms with E-state index in [1.807, 2.05) is 11.9 Å². The summed E-state index contributed by atoms with van der Waals surface area (Å²) in [4.78, 5) is 14.6. The Morgan fingerprint density at radius 1 is 1.23 bits per heavy atom. The van der Waals surface area contributed by atoms with Gasteiger partial charge in [-0.15, -0.1) is 12.4 Å². The molecule has 0 spiro atoms. The zero-order chi connectivity index (χ0) is 18.3. The molecule has 0 saturated carbocycles. The maximum atomic E-state index is 12.6. The maximum Gasteiger partial charge on any atom is 0.253 e. The van der Waals surface area contributed by atoms with Gasteiger partial charge in [-0.05, 0) is 56.6 Å². The molecule has 0 aliphatic carbocycles.